The lowest BCUT2D eigenvalue weighted by molar-refractivity contribution is -0.143. The van der Waals surface area contributed by atoms with E-state index in [-0.39, 0.29) is 18.0 Å². The Morgan fingerprint density at radius 1 is 1.19 bits per heavy atom. The van der Waals surface area contributed by atoms with Gasteiger partial charge in [-0.1, -0.05) is 6.42 Å². The number of esters is 1. The highest BCUT2D eigenvalue weighted by Gasteiger charge is 2.30. The number of fused-ring (bicyclic) bond motifs is 3. The first-order valence-electron chi connectivity index (χ1n) is 9.84. The Labute approximate surface area is 158 Å². The van der Waals surface area contributed by atoms with E-state index < -0.39 is 0 Å². The van der Waals surface area contributed by atoms with Crippen molar-refractivity contribution < 1.29 is 14.3 Å². The Morgan fingerprint density at radius 3 is 2.85 bits per heavy atom. The second kappa shape index (κ2) is 7.91. The summed E-state index contributed by atoms with van der Waals surface area (Å²) < 4.78 is 11.5. The highest BCUT2D eigenvalue weighted by molar-refractivity contribution is 7.18. The topological polar surface area (TPSA) is 61.3 Å². The monoisotopic (exact) mass is 374 g/mol. The fourth-order valence-electron chi connectivity index (χ4n) is 4.30. The molecular formula is C20H26N2O3S. The first-order valence-corrected chi connectivity index (χ1v) is 10.7. The molecule has 6 heteroatoms. The molecule has 0 amide bonds. The van der Waals surface area contributed by atoms with E-state index in [1.165, 1.54) is 29.7 Å². The molecule has 4 rings (SSSR count). The molecule has 1 unspecified atom stereocenters. The molecule has 1 fully saturated rings. The Hall–Kier alpha value is -1.69. The maximum absolute atomic E-state index is 12.1. The number of hydrogen-bond donors (Lipinski definition) is 0. The van der Waals surface area contributed by atoms with Crippen LogP contribution in [0.1, 0.15) is 74.6 Å². The molecule has 2 aliphatic carbocycles. The smallest absolute Gasteiger partial charge is 0.306 e. The van der Waals surface area contributed by atoms with E-state index in [9.17, 15) is 4.79 Å². The SMILES string of the molecule is CCOC(=O)CC1CCCc2sc3ncnc(OC4CCCCC4)c3c21. The van der Waals surface area contributed by atoms with E-state index in [0.29, 0.717) is 13.0 Å². The minimum Gasteiger partial charge on any atom is -0.474 e. The van der Waals surface area contributed by atoms with Crippen molar-refractivity contribution in [2.45, 2.75) is 76.7 Å². The molecule has 5 nitrogen and oxygen atoms in total. The van der Waals surface area contributed by atoms with Crippen LogP contribution in [0.4, 0.5) is 0 Å². The van der Waals surface area contributed by atoms with Gasteiger partial charge in [0.05, 0.1) is 18.4 Å². The maximum atomic E-state index is 12.1. The molecule has 2 heterocycles. The second-order valence-corrected chi connectivity index (χ2v) is 8.36. The van der Waals surface area contributed by atoms with Crippen molar-refractivity contribution in [2.24, 2.45) is 0 Å². The van der Waals surface area contributed by atoms with Crippen molar-refractivity contribution in [2.75, 3.05) is 6.61 Å². The summed E-state index contributed by atoms with van der Waals surface area (Å²) in [7, 11) is 0. The van der Waals surface area contributed by atoms with E-state index in [0.717, 1.165) is 48.2 Å². The van der Waals surface area contributed by atoms with Crippen LogP contribution in [0.15, 0.2) is 6.33 Å². The molecular weight excluding hydrogens is 348 g/mol. The molecule has 0 aromatic carbocycles. The first kappa shape index (κ1) is 17.7. The lowest BCUT2D eigenvalue weighted by atomic mass is 9.84. The highest BCUT2D eigenvalue weighted by Crippen LogP contribution is 2.46. The molecule has 140 valence electrons. The van der Waals surface area contributed by atoms with Crippen LogP contribution in [0.3, 0.4) is 0 Å². The third-order valence-corrected chi connectivity index (χ3v) is 6.65. The van der Waals surface area contributed by atoms with Crippen molar-refractivity contribution in [3.05, 3.63) is 16.8 Å². The molecule has 0 saturated heterocycles. The first-order chi connectivity index (χ1) is 12.8. The second-order valence-electron chi connectivity index (χ2n) is 7.27. The van der Waals surface area contributed by atoms with Gasteiger partial charge in [0.15, 0.2) is 0 Å². The Kier molecular flexibility index (Phi) is 5.38. The minimum atomic E-state index is -0.115. The van der Waals surface area contributed by atoms with E-state index in [1.807, 2.05) is 6.92 Å². The van der Waals surface area contributed by atoms with Crippen LogP contribution in [0.25, 0.3) is 10.2 Å². The van der Waals surface area contributed by atoms with Gasteiger partial charge >= 0.3 is 5.97 Å². The van der Waals surface area contributed by atoms with Gasteiger partial charge in [0, 0.05) is 4.88 Å². The van der Waals surface area contributed by atoms with Gasteiger partial charge in [-0.25, -0.2) is 9.97 Å². The molecule has 0 radical (unpaired) electrons. The van der Waals surface area contributed by atoms with E-state index in [4.69, 9.17) is 9.47 Å². The standard InChI is InChI=1S/C20H26N2O3S/c1-2-24-16(23)11-13-7-6-10-15-17(13)18-19(21-12-22-20(18)26-15)25-14-8-4-3-5-9-14/h12-14H,2-11H2,1H3. The largest absolute Gasteiger partial charge is 0.474 e. The Balaban J connectivity index is 1.68. The van der Waals surface area contributed by atoms with Crippen LogP contribution < -0.4 is 4.74 Å². The fraction of sp³-hybridized carbons (Fsp3) is 0.650. The van der Waals surface area contributed by atoms with Crippen molar-refractivity contribution in [1.29, 1.82) is 0 Å². The third kappa shape index (κ3) is 3.56. The third-order valence-electron chi connectivity index (χ3n) is 5.48. The zero-order valence-electron chi connectivity index (χ0n) is 15.3. The number of hydrogen-bond acceptors (Lipinski definition) is 6. The van der Waals surface area contributed by atoms with Gasteiger partial charge < -0.3 is 9.47 Å². The molecule has 1 saturated carbocycles. The molecule has 2 aliphatic rings. The number of rotatable bonds is 5. The van der Waals surface area contributed by atoms with Crippen molar-refractivity contribution in [3.63, 3.8) is 0 Å². The van der Waals surface area contributed by atoms with Crippen LogP contribution in [-0.4, -0.2) is 28.6 Å². The zero-order chi connectivity index (χ0) is 17.9. The molecule has 2 aromatic rings. The number of nitrogens with zero attached hydrogens (tertiary/aromatic N) is 2. The maximum Gasteiger partial charge on any atom is 0.306 e. The number of aromatic nitrogens is 2. The quantitative estimate of drug-likeness (QED) is 0.705. The summed E-state index contributed by atoms with van der Waals surface area (Å²) in [5.74, 6) is 0.790. The van der Waals surface area contributed by atoms with E-state index >= 15 is 0 Å². The Bertz CT molecular complexity index is 783. The summed E-state index contributed by atoms with van der Waals surface area (Å²) in [6, 6.07) is 0. The van der Waals surface area contributed by atoms with Gasteiger partial charge in [0.1, 0.15) is 17.3 Å². The van der Waals surface area contributed by atoms with Gasteiger partial charge in [0.25, 0.3) is 0 Å². The highest BCUT2D eigenvalue weighted by atomic mass is 32.1. The van der Waals surface area contributed by atoms with Crippen LogP contribution in [0, 0.1) is 0 Å². The molecule has 26 heavy (non-hydrogen) atoms. The predicted molar refractivity (Wildman–Crippen MR) is 102 cm³/mol. The van der Waals surface area contributed by atoms with Gasteiger partial charge in [-0.15, -0.1) is 11.3 Å². The molecule has 1 atom stereocenters. The number of carbonyl (C=O) groups is 1. The normalized spacial score (nSPS) is 20.7. The number of thiophene rings is 1. The van der Waals surface area contributed by atoms with Gasteiger partial charge in [-0.2, -0.15) is 0 Å². The van der Waals surface area contributed by atoms with Crippen molar-refractivity contribution in [1.82, 2.24) is 9.97 Å². The van der Waals surface area contributed by atoms with Gasteiger partial charge in [-0.05, 0) is 63.4 Å². The van der Waals surface area contributed by atoms with Crippen molar-refractivity contribution in [3.8, 4) is 5.88 Å². The average Bonchev–Trinajstić information content (AvgIpc) is 3.03. The molecule has 0 aliphatic heterocycles. The van der Waals surface area contributed by atoms with E-state index in [1.54, 1.807) is 17.7 Å². The van der Waals surface area contributed by atoms with E-state index in [2.05, 4.69) is 9.97 Å². The summed E-state index contributed by atoms with van der Waals surface area (Å²) in [4.78, 5) is 23.4. The zero-order valence-corrected chi connectivity index (χ0v) is 16.1. The van der Waals surface area contributed by atoms with Crippen LogP contribution in [-0.2, 0) is 16.0 Å². The number of carbonyl (C=O) groups excluding carboxylic acids is 1. The van der Waals surface area contributed by atoms with Crippen LogP contribution >= 0.6 is 11.3 Å². The van der Waals surface area contributed by atoms with Crippen molar-refractivity contribution >= 4 is 27.5 Å². The molecule has 0 N–H and O–H groups in total. The predicted octanol–water partition coefficient (Wildman–Crippen LogP) is 4.78. The number of aryl methyl sites for hydroxylation is 1. The fourth-order valence-corrected chi connectivity index (χ4v) is 5.56. The summed E-state index contributed by atoms with van der Waals surface area (Å²) in [5, 5.41) is 1.05. The minimum absolute atomic E-state index is 0.115. The summed E-state index contributed by atoms with van der Waals surface area (Å²) in [6.45, 7) is 2.29. The molecule has 2 aromatic heterocycles. The summed E-state index contributed by atoms with van der Waals surface area (Å²) in [5.41, 5.74) is 1.25. The number of ether oxygens (including phenoxy) is 2. The summed E-state index contributed by atoms with van der Waals surface area (Å²) in [6.07, 6.45) is 11.4. The van der Waals surface area contributed by atoms with Crippen LogP contribution in [0.5, 0.6) is 5.88 Å². The molecule has 0 spiro atoms. The Morgan fingerprint density at radius 2 is 2.04 bits per heavy atom. The average molecular weight is 375 g/mol. The lowest BCUT2D eigenvalue weighted by Crippen LogP contribution is -2.20. The summed E-state index contributed by atoms with van der Waals surface area (Å²) >= 11 is 1.74. The lowest BCUT2D eigenvalue weighted by Gasteiger charge is -2.25. The van der Waals surface area contributed by atoms with Gasteiger partial charge in [-0.3, -0.25) is 4.79 Å². The molecule has 0 bridgehead atoms. The van der Waals surface area contributed by atoms with Gasteiger partial charge in [0.2, 0.25) is 5.88 Å². The van der Waals surface area contributed by atoms with Crippen LogP contribution in [0.2, 0.25) is 0 Å².